The number of carbonyl (C=O) groups excluding carboxylic acids is 1. The Morgan fingerprint density at radius 2 is 1.91 bits per heavy atom. The van der Waals surface area contributed by atoms with Crippen LogP contribution in [0, 0.1) is 3.57 Å². The van der Waals surface area contributed by atoms with Gasteiger partial charge in [0, 0.05) is 9.13 Å². The zero-order valence-corrected chi connectivity index (χ0v) is 13.7. The Morgan fingerprint density at radius 3 is 2.50 bits per heavy atom. The summed E-state index contributed by atoms with van der Waals surface area (Å²) in [5.41, 5.74) is -0.467. The van der Waals surface area contributed by atoms with Crippen LogP contribution in [-0.2, 0) is 12.8 Å². The molecule has 0 aliphatic heterocycles. The van der Waals surface area contributed by atoms with Crippen molar-refractivity contribution in [3.8, 4) is 5.75 Å². The second-order valence-corrected chi connectivity index (χ2v) is 5.93. The lowest BCUT2D eigenvalue weighted by Crippen LogP contribution is -2.12. The van der Waals surface area contributed by atoms with E-state index >= 15 is 0 Å². The van der Waals surface area contributed by atoms with Crippen molar-refractivity contribution in [3.63, 3.8) is 0 Å². The largest absolute Gasteiger partial charge is 0.489 e. The maximum absolute atomic E-state index is 13.0. The molecule has 2 nitrogen and oxygen atoms in total. The molecule has 2 rings (SSSR count). The van der Waals surface area contributed by atoms with Crippen LogP contribution in [0.15, 0.2) is 42.5 Å². The maximum Gasteiger partial charge on any atom is 0.417 e. The average Bonchev–Trinajstić information content (AvgIpc) is 2.44. The van der Waals surface area contributed by atoms with Crippen molar-refractivity contribution < 1.29 is 22.7 Å². The molecule has 0 saturated heterocycles. The number of halogens is 4. The number of ketones is 1. The highest BCUT2D eigenvalue weighted by atomic mass is 127. The van der Waals surface area contributed by atoms with Gasteiger partial charge in [-0.05, 0) is 65.4 Å². The third kappa shape index (κ3) is 4.22. The van der Waals surface area contributed by atoms with Crippen LogP contribution in [0.4, 0.5) is 13.2 Å². The van der Waals surface area contributed by atoms with Crippen molar-refractivity contribution in [2.45, 2.75) is 19.7 Å². The van der Waals surface area contributed by atoms with Gasteiger partial charge in [-0.15, -0.1) is 0 Å². The van der Waals surface area contributed by atoms with Gasteiger partial charge in [-0.2, -0.15) is 13.2 Å². The van der Waals surface area contributed by atoms with E-state index in [0.29, 0.717) is 0 Å². The van der Waals surface area contributed by atoms with Crippen molar-refractivity contribution in [1.29, 1.82) is 0 Å². The molecule has 116 valence electrons. The first-order valence-electron chi connectivity index (χ1n) is 6.37. The van der Waals surface area contributed by atoms with Gasteiger partial charge in [0.1, 0.15) is 12.4 Å². The van der Waals surface area contributed by atoms with E-state index in [9.17, 15) is 18.0 Å². The normalized spacial score (nSPS) is 11.3. The Bertz CT molecular complexity index is 696. The Labute approximate surface area is 139 Å². The quantitative estimate of drug-likeness (QED) is 0.509. The van der Waals surface area contributed by atoms with Crippen LogP contribution in [-0.4, -0.2) is 5.78 Å². The Balaban J connectivity index is 2.24. The van der Waals surface area contributed by atoms with E-state index in [0.717, 1.165) is 28.2 Å². The number of hydrogen-bond donors (Lipinski definition) is 0. The summed E-state index contributed by atoms with van der Waals surface area (Å²) in [6.45, 7) is 1.27. The monoisotopic (exact) mass is 420 g/mol. The van der Waals surface area contributed by atoms with E-state index in [4.69, 9.17) is 4.74 Å². The zero-order valence-electron chi connectivity index (χ0n) is 11.6. The summed E-state index contributed by atoms with van der Waals surface area (Å²) in [6, 6.07) is 10.9. The number of alkyl halides is 3. The van der Waals surface area contributed by atoms with Gasteiger partial charge < -0.3 is 4.74 Å². The van der Waals surface area contributed by atoms with Gasteiger partial charge in [-0.25, -0.2) is 0 Å². The number of benzene rings is 2. The molecular formula is C16H12F3IO2. The van der Waals surface area contributed by atoms with Gasteiger partial charge in [-0.1, -0.05) is 12.1 Å². The number of hydrogen-bond acceptors (Lipinski definition) is 2. The molecule has 0 aliphatic rings. The summed E-state index contributed by atoms with van der Waals surface area (Å²) in [7, 11) is 0. The molecule has 6 heteroatoms. The molecule has 0 heterocycles. The smallest absolute Gasteiger partial charge is 0.417 e. The fourth-order valence-electron chi connectivity index (χ4n) is 1.95. The lowest BCUT2D eigenvalue weighted by atomic mass is 10.0. The van der Waals surface area contributed by atoms with E-state index in [2.05, 4.69) is 22.6 Å². The maximum atomic E-state index is 13.0. The average molecular weight is 420 g/mol. The predicted octanol–water partition coefficient (Wildman–Crippen LogP) is 5.09. The molecule has 22 heavy (non-hydrogen) atoms. The fraction of sp³-hybridized carbons (Fsp3) is 0.188. The van der Waals surface area contributed by atoms with E-state index in [-0.39, 0.29) is 17.9 Å². The van der Waals surface area contributed by atoms with Gasteiger partial charge >= 0.3 is 6.18 Å². The summed E-state index contributed by atoms with van der Waals surface area (Å²) in [6.07, 6.45) is -4.59. The van der Waals surface area contributed by atoms with Gasteiger partial charge in [0.05, 0.1) is 5.56 Å². The highest BCUT2D eigenvalue weighted by Crippen LogP contribution is 2.34. The number of rotatable bonds is 4. The van der Waals surface area contributed by atoms with Gasteiger partial charge in [0.15, 0.2) is 5.78 Å². The molecule has 0 N–H and O–H groups in total. The molecule has 0 atom stereocenters. The summed E-state index contributed by atoms with van der Waals surface area (Å²) in [5, 5.41) is 0. The van der Waals surface area contributed by atoms with Crippen molar-refractivity contribution in [1.82, 2.24) is 0 Å². The number of Topliss-reactive ketones (excluding diaryl/α,β-unsaturated/α-hetero) is 1. The number of carbonyl (C=O) groups is 1. The van der Waals surface area contributed by atoms with Gasteiger partial charge in [0.25, 0.3) is 0 Å². The second-order valence-electron chi connectivity index (χ2n) is 4.68. The molecule has 0 aromatic heterocycles. The van der Waals surface area contributed by atoms with Gasteiger partial charge in [0.2, 0.25) is 0 Å². The molecule has 2 aromatic carbocycles. The first-order chi connectivity index (χ1) is 10.3. The zero-order chi connectivity index (χ0) is 16.3. The molecule has 0 bridgehead atoms. The third-order valence-electron chi connectivity index (χ3n) is 2.97. The van der Waals surface area contributed by atoms with E-state index in [1.54, 1.807) is 0 Å². The molecule has 0 radical (unpaired) electrons. The van der Waals surface area contributed by atoms with Crippen LogP contribution in [0.3, 0.4) is 0 Å². The van der Waals surface area contributed by atoms with Gasteiger partial charge in [-0.3, -0.25) is 4.79 Å². The minimum atomic E-state index is -4.59. The minimum absolute atomic E-state index is 0.0798. The van der Waals surface area contributed by atoms with E-state index < -0.39 is 17.5 Å². The molecular weight excluding hydrogens is 408 g/mol. The Kier molecular flexibility index (Phi) is 5.10. The summed E-state index contributed by atoms with van der Waals surface area (Å²) in [5.74, 6) is -0.548. The first-order valence-corrected chi connectivity index (χ1v) is 7.44. The van der Waals surface area contributed by atoms with Crippen molar-refractivity contribution >= 4 is 28.4 Å². The topological polar surface area (TPSA) is 26.3 Å². The highest BCUT2D eigenvalue weighted by Gasteiger charge is 2.34. The molecule has 2 aromatic rings. The minimum Gasteiger partial charge on any atom is -0.489 e. The molecule has 0 fully saturated rings. The van der Waals surface area contributed by atoms with Crippen LogP contribution in [0.1, 0.15) is 28.4 Å². The molecule has 0 aliphatic carbocycles. The lowest BCUT2D eigenvalue weighted by Gasteiger charge is -2.13. The summed E-state index contributed by atoms with van der Waals surface area (Å²) >= 11 is 2.15. The summed E-state index contributed by atoms with van der Waals surface area (Å²) < 4.78 is 45.4. The lowest BCUT2D eigenvalue weighted by molar-refractivity contribution is -0.138. The van der Waals surface area contributed by atoms with E-state index in [1.807, 2.05) is 24.3 Å². The number of ether oxygens (including phenoxy) is 1. The molecule has 0 unspecified atom stereocenters. The first kappa shape index (κ1) is 16.8. The molecule has 0 spiro atoms. The Morgan fingerprint density at radius 1 is 1.18 bits per heavy atom. The van der Waals surface area contributed by atoms with Crippen LogP contribution in [0.5, 0.6) is 5.75 Å². The van der Waals surface area contributed by atoms with Crippen molar-refractivity contribution in [3.05, 3.63) is 62.7 Å². The molecule has 0 saturated carbocycles. The second kappa shape index (κ2) is 6.68. The molecule has 0 amide bonds. The van der Waals surface area contributed by atoms with Crippen molar-refractivity contribution in [2.75, 3.05) is 0 Å². The third-order valence-corrected chi connectivity index (χ3v) is 3.64. The highest BCUT2D eigenvalue weighted by molar-refractivity contribution is 14.1. The van der Waals surface area contributed by atoms with Crippen LogP contribution in [0.25, 0.3) is 0 Å². The standard InChI is InChI=1S/C16H12F3IO2/c1-10(21)14-6-5-13(8-15(14)16(17,18)19)22-9-11-3-2-4-12(20)7-11/h2-8H,9H2,1H3. The van der Waals surface area contributed by atoms with Crippen LogP contribution < -0.4 is 4.74 Å². The summed E-state index contributed by atoms with van der Waals surface area (Å²) in [4.78, 5) is 11.3. The van der Waals surface area contributed by atoms with Crippen LogP contribution in [0.2, 0.25) is 0 Å². The fourth-order valence-corrected chi connectivity index (χ4v) is 2.56. The van der Waals surface area contributed by atoms with Crippen LogP contribution >= 0.6 is 22.6 Å². The van der Waals surface area contributed by atoms with E-state index in [1.165, 1.54) is 6.07 Å². The van der Waals surface area contributed by atoms with Crippen molar-refractivity contribution in [2.24, 2.45) is 0 Å². The SMILES string of the molecule is CC(=O)c1ccc(OCc2cccc(I)c2)cc1C(F)(F)F. The predicted molar refractivity (Wildman–Crippen MR) is 84.9 cm³/mol. The Hall–Kier alpha value is -1.57.